The first-order valence-corrected chi connectivity index (χ1v) is 8.81. The minimum Gasteiger partial charge on any atom is -0.496 e. The van der Waals surface area contributed by atoms with Crippen LogP contribution in [0, 0.1) is 0 Å². The summed E-state index contributed by atoms with van der Waals surface area (Å²) >= 11 is 0. The molecule has 5 nitrogen and oxygen atoms in total. The molecule has 6 heteroatoms. The lowest BCUT2D eigenvalue weighted by Gasteiger charge is -2.25. The van der Waals surface area contributed by atoms with E-state index in [1.807, 2.05) is 31.2 Å². The zero-order valence-electron chi connectivity index (χ0n) is 13.1. The zero-order valence-corrected chi connectivity index (χ0v) is 13.9. The third-order valence-electron chi connectivity index (χ3n) is 3.62. The standard InChI is InChI=1S/C15H26N2O3S/c1-13(12-14-8-4-5-9-15(14)20-3)17(2)21(18,19)11-7-6-10-16/h4-5,8-9,13H,6-7,10-12,16H2,1-3H3. The van der Waals surface area contributed by atoms with Crippen LogP contribution >= 0.6 is 0 Å². The van der Waals surface area contributed by atoms with E-state index in [1.54, 1.807) is 14.2 Å². The van der Waals surface area contributed by atoms with Crippen molar-refractivity contribution < 1.29 is 13.2 Å². The third kappa shape index (κ3) is 5.30. The van der Waals surface area contributed by atoms with Crippen LogP contribution < -0.4 is 10.5 Å². The molecule has 0 saturated carbocycles. The Balaban J connectivity index is 2.71. The molecule has 0 fully saturated rings. The number of unbranched alkanes of at least 4 members (excludes halogenated alkanes) is 1. The number of likely N-dealkylation sites (N-methyl/N-ethyl adjacent to an activating group) is 1. The molecule has 1 aromatic rings. The van der Waals surface area contributed by atoms with E-state index in [0.29, 0.717) is 19.4 Å². The predicted octanol–water partition coefficient (Wildman–Crippen LogP) is 1.63. The predicted molar refractivity (Wildman–Crippen MR) is 86.0 cm³/mol. The summed E-state index contributed by atoms with van der Waals surface area (Å²) in [5, 5.41) is 0. The summed E-state index contributed by atoms with van der Waals surface area (Å²) in [5.74, 6) is 0.940. The molecule has 1 unspecified atom stereocenters. The highest BCUT2D eigenvalue weighted by Gasteiger charge is 2.23. The molecule has 0 aliphatic heterocycles. The van der Waals surface area contributed by atoms with Gasteiger partial charge in [0.2, 0.25) is 10.0 Å². The maximum atomic E-state index is 12.2. The summed E-state index contributed by atoms with van der Waals surface area (Å²) in [6, 6.07) is 7.56. The second-order valence-corrected chi connectivity index (χ2v) is 7.34. The zero-order chi connectivity index (χ0) is 15.9. The average Bonchev–Trinajstić information content (AvgIpc) is 2.47. The second-order valence-electron chi connectivity index (χ2n) is 5.19. The minimum absolute atomic E-state index is 0.121. The molecular weight excluding hydrogens is 288 g/mol. The Morgan fingerprint density at radius 3 is 2.57 bits per heavy atom. The molecule has 21 heavy (non-hydrogen) atoms. The van der Waals surface area contributed by atoms with Gasteiger partial charge in [-0.15, -0.1) is 0 Å². The fraction of sp³-hybridized carbons (Fsp3) is 0.600. The second kappa shape index (κ2) is 8.36. The number of rotatable bonds is 9. The van der Waals surface area contributed by atoms with Crippen LogP contribution in [0.5, 0.6) is 5.75 Å². The molecule has 1 rings (SSSR count). The van der Waals surface area contributed by atoms with Crippen LogP contribution in [-0.4, -0.2) is 45.2 Å². The molecule has 0 radical (unpaired) electrons. The highest BCUT2D eigenvalue weighted by molar-refractivity contribution is 7.89. The summed E-state index contributed by atoms with van der Waals surface area (Å²) in [4.78, 5) is 0. The maximum absolute atomic E-state index is 12.2. The van der Waals surface area contributed by atoms with Gasteiger partial charge in [0.05, 0.1) is 12.9 Å². The van der Waals surface area contributed by atoms with E-state index >= 15 is 0 Å². The molecule has 0 spiro atoms. The van der Waals surface area contributed by atoms with Crippen molar-refractivity contribution in [1.29, 1.82) is 0 Å². The topological polar surface area (TPSA) is 72.6 Å². The SMILES string of the molecule is COc1ccccc1CC(C)N(C)S(=O)(=O)CCCCN. The largest absolute Gasteiger partial charge is 0.496 e. The van der Waals surface area contributed by atoms with Crippen molar-refractivity contribution in [2.75, 3.05) is 26.5 Å². The van der Waals surface area contributed by atoms with Crippen molar-refractivity contribution in [3.63, 3.8) is 0 Å². The molecular formula is C15H26N2O3S. The van der Waals surface area contributed by atoms with Crippen molar-refractivity contribution in [1.82, 2.24) is 4.31 Å². The monoisotopic (exact) mass is 314 g/mol. The molecule has 0 aliphatic rings. The van der Waals surface area contributed by atoms with Crippen LogP contribution in [-0.2, 0) is 16.4 Å². The van der Waals surface area contributed by atoms with Crippen LogP contribution in [0.2, 0.25) is 0 Å². The summed E-state index contributed by atoms with van der Waals surface area (Å²) in [7, 11) is 0.0241. The Labute approximate surface area is 128 Å². The van der Waals surface area contributed by atoms with Gasteiger partial charge >= 0.3 is 0 Å². The number of nitrogens with zero attached hydrogens (tertiary/aromatic N) is 1. The molecule has 0 aromatic heterocycles. The van der Waals surface area contributed by atoms with Gasteiger partial charge in [-0.2, -0.15) is 0 Å². The molecule has 0 heterocycles. The van der Waals surface area contributed by atoms with Crippen molar-refractivity contribution in [2.24, 2.45) is 5.73 Å². The van der Waals surface area contributed by atoms with Gasteiger partial charge in [0, 0.05) is 13.1 Å². The highest BCUT2D eigenvalue weighted by atomic mass is 32.2. The molecule has 1 aromatic carbocycles. The quantitative estimate of drug-likeness (QED) is 0.703. The van der Waals surface area contributed by atoms with Crippen LogP contribution in [0.1, 0.15) is 25.3 Å². The Kier molecular flexibility index (Phi) is 7.14. The Hall–Kier alpha value is -1.11. The molecule has 0 amide bonds. The number of nitrogens with two attached hydrogens (primary N) is 1. The van der Waals surface area contributed by atoms with E-state index in [0.717, 1.165) is 17.7 Å². The number of para-hydroxylation sites is 1. The normalized spacial score (nSPS) is 13.4. The number of methoxy groups -OCH3 is 1. The van der Waals surface area contributed by atoms with Crippen LogP contribution in [0.25, 0.3) is 0 Å². The lowest BCUT2D eigenvalue weighted by molar-refractivity contribution is 0.373. The average molecular weight is 314 g/mol. The van der Waals surface area contributed by atoms with E-state index in [2.05, 4.69) is 0 Å². The van der Waals surface area contributed by atoms with Gasteiger partial charge < -0.3 is 10.5 Å². The Morgan fingerprint density at radius 2 is 1.95 bits per heavy atom. The first-order chi connectivity index (χ1) is 9.92. The summed E-state index contributed by atoms with van der Waals surface area (Å²) in [6.07, 6.45) is 1.95. The van der Waals surface area contributed by atoms with E-state index < -0.39 is 10.0 Å². The van der Waals surface area contributed by atoms with Gasteiger partial charge in [0.15, 0.2) is 0 Å². The van der Waals surface area contributed by atoms with Gasteiger partial charge in [-0.05, 0) is 44.4 Å². The maximum Gasteiger partial charge on any atom is 0.214 e. The molecule has 120 valence electrons. The molecule has 0 bridgehead atoms. The van der Waals surface area contributed by atoms with Crippen molar-refractivity contribution in [3.8, 4) is 5.75 Å². The van der Waals surface area contributed by atoms with Crippen LogP contribution in [0.15, 0.2) is 24.3 Å². The Bertz CT molecular complexity index is 531. The van der Waals surface area contributed by atoms with Crippen LogP contribution in [0.4, 0.5) is 0 Å². The highest BCUT2D eigenvalue weighted by Crippen LogP contribution is 2.21. The minimum atomic E-state index is -3.23. The lowest BCUT2D eigenvalue weighted by atomic mass is 10.1. The Morgan fingerprint density at radius 1 is 1.29 bits per heavy atom. The van der Waals surface area contributed by atoms with E-state index in [-0.39, 0.29) is 11.8 Å². The van der Waals surface area contributed by atoms with E-state index in [1.165, 1.54) is 4.31 Å². The molecule has 0 aliphatic carbocycles. The summed E-state index contributed by atoms with van der Waals surface area (Å²) in [5.41, 5.74) is 6.42. The molecule has 1 atom stereocenters. The lowest BCUT2D eigenvalue weighted by Crippen LogP contribution is -2.38. The van der Waals surface area contributed by atoms with E-state index in [4.69, 9.17) is 10.5 Å². The fourth-order valence-electron chi connectivity index (χ4n) is 2.17. The number of ether oxygens (including phenoxy) is 1. The summed E-state index contributed by atoms with van der Waals surface area (Å²) < 4.78 is 31.3. The van der Waals surface area contributed by atoms with Crippen molar-refractivity contribution in [3.05, 3.63) is 29.8 Å². The van der Waals surface area contributed by atoms with Gasteiger partial charge in [-0.3, -0.25) is 0 Å². The van der Waals surface area contributed by atoms with Gasteiger partial charge in [0.25, 0.3) is 0 Å². The van der Waals surface area contributed by atoms with E-state index in [9.17, 15) is 8.42 Å². The van der Waals surface area contributed by atoms with Crippen molar-refractivity contribution in [2.45, 2.75) is 32.2 Å². The van der Waals surface area contributed by atoms with Crippen LogP contribution in [0.3, 0.4) is 0 Å². The smallest absolute Gasteiger partial charge is 0.214 e. The number of sulfonamides is 1. The van der Waals surface area contributed by atoms with Gasteiger partial charge in [-0.1, -0.05) is 18.2 Å². The first-order valence-electron chi connectivity index (χ1n) is 7.20. The fourth-order valence-corrected chi connectivity index (χ4v) is 3.65. The molecule has 0 saturated heterocycles. The summed E-state index contributed by atoms with van der Waals surface area (Å²) in [6.45, 7) is 2.43. The first kappa shape index (κ1) is 17.9. The third-order valence-corrected chi connectivity index (χ3v) is 5.67. The molecule has 2 N–H and O–H groups in total. The van der Waals surface area contributed by atoms with Gasteiger partial charge in [0.1, 0.15) is 5.75 Å². The number of benzene rings is 1. The number of hydrogen-bond acceptors (Lipinski definition) is 4. The van der Waals surface area contributed by atoms with Crippen molar-refractivity contribution >= 4 is 10.0 Å². The van der Waals surface area contributed by atoms with Gasteiger partial charge in [-0.25, -0.2) is 12.7 Å². The number of hydrogen-bond donors (Lipinski definition) is 1.